The fourth-order valence-corrected chi connectivity index (χ4v) is 6.40. The van der Waals surface area contributed by atoms with E-state index in [2.05, 4.69) is 47.5 Å². The van der Waals surface area contributed by atoms with Gasteiger partial charge in [0.15, 0.2) is 0 Å². The number of rotatable bonds is 7. The molecule has 3 aromatic rings. The van der Waals surface area contributed by atoms with Crippen LogP contribution >= 0.6 is 27.5 Å². The van der Waals surface area contributed by atoms with Gasteiger partial charge in [0.2, 0.25) is 0 Å². The number of likely N-dealkylation sites (tertiary alicyclic amines) is 1. The van der Waals surface area contributed by atoms with E-state index in [0.717, 1.165) is 79.2 Å². The van der Waals surface area contributed by atoms with Crippen LogP contribution in [0, 0.1) is 0 Å². The van der Waals surface area contributed by atoms with E-state index in [1.54, 1.807) is 12.4 Å². The molecule has 2 aliphatic heterocycles. The lowest BCUT2D eigenvalue weighted by atomic mass is 9.95. The Morgan fingerprint density at radius 3 is 2.58 bits per heavy atom. The van der Waals surface area contributed by atoms with Crippen molar-refractivity contribution < 1.29 is 9.53 Å². The summed E-state index contributed by atoms with van der Waals surface area (Å²) in [5.74, 6) is 1.40. The third-order valence-corrected chi connectivity index (χ3v) is 8.64. The summed E-state index contributed by atoms with van der Waals surface area (Å²) >= 11 is 10.2. The summed E-state index contributed by atoms with van der Waals surface area (Å²) in [7, 11) is 1.47. The largest absolute Gasteiger partial charge is 0.468 e. The second kappa shape index (κ2) is 12.2. The van der Waals surface area contributed by atoms with Crippen molar-refractivity contribution in [3.05, 3.63) is 64.0 Å². The Balaban J connectivity index is 1.23. The molecule has 0 unspecified atom stereocenters. The van der Waals surface area contributed by atoms with E-state index in [0.29, 0.717) is 17.1 Å². The van der Waals surface area contributed by atoms with Crippen LogP contribution in [0.1, 0.15) is 37.8 Å². The molecule has 0 saturated carbocycles. The minimum absolute atomic E-state index is 0.201. The zero-order chi connectivity index (χ0) is 26.6. The minimum Gasteiger partial charge on any atom is -0.468 e. The first-order valence-corrected chi connectivity index (χ1v) is 14.4. The smallest absolute Gasteiger partial charge is 0.327 e. The maximum absolute atomic E-state index is 12.8. The number of nitrogens with one attached hydrogen (secondary N) is 1. The lowest BCUT2D eigenvalue weighted by Crippen LogP contribution is -2.58. The molecule has 1 aromatic carbocycles. The lowest BCUT2D eigenvalue weighted by molar-refractivity contribution is -0.148. The number of ether oxygens (including phenoxy) is 1. The molecule has 38 heavy (non-hydrogen) atoms. The highest BCUT2D eigenvalue weighted by Crippen LogP contribution is 2.33. The topological polar surface area (TPSA) is 77.6 Å². The summed E-state index contributed by atoms with van der Waals surface area (Å²) in [6.45, 7) is 6.72. The average Bonchev–Trinajstić information content (AvgIpc) is 3.49. The molecule has 1 N–H and O–H groups in total. The molecule has 2 fully saturated rings. The molecule has 0 bridgehead atoms. The van der Waals surface area contributed by atoms with Gasteiger partial charge in [-0.1, -0.05) is 46.6 Å². The Morgan fingerprint density at radius 1 is 1.18 bits per heavy atom. The van der Waals surface area contributed by atoms with Crippen molar-refractivity contribution in [1.82, 2.24) is 24.8 Å². The molecular weight excluding hydrogens is 568 g/mol. The maximum atomic E-state index is 12.8. The number of pyridine rings is 1. The van der Waals surface area contributed by atoms with E-state index < -0.39 is 0 Å². The van der Waals surface area contributed by atoms with Gasteiger partial charge in [-0.3, -0.25) is 9.80 Å². The van der Waals surface area contributed by atoms with Gasteiger partial charge in [-0.25, -0.2) is 14.8 Å². The summed E-state index contributed by atoms with van der Waals surface area (Å²) in [5.41, 5.74) is 1.86. The van der Waals surface area contributed by atoms with Gasteiger partial charge in [0.05, 0.1) is 12.1 Å². The second-order valence-electron chi connectivity index (χ2n) is 9.96. The van der Waals surface area contributed by atoms with E-state index in [9.17, 15) is 4.79 Å². The molecule has 8 nitrogen and oxygen atoms in total. The van der Waals surface area contributed by atoms with E-state index in [1.807, 2.05) is 36.5 Å². The first-order chi connectivity index (χ1) is 18.5. The Morgan fingerprint density at radius 2 is 1.95 bits per heavy atom. The number of imidazole rings is 1. The highest BCUT2D eigenvalue weighted by molar-refractivity contribution is 9.10. The third-order valence-electron chi connectivity index (χ3n) is 7.84. The Labute approximate surface area is 237 Å². The second-order valence-corrected chi connectivity index (χ2v) is 11.3. The predicted octanol–water partition coefficient (Wildman–Crippen LogP) is 5.17. The third kappa shape index (κ3) is 5.76. The van der Waals surface area contributed by atoms with Crippen LogP contribution in [0.25, 0.3) is 11.4 Å². The number of hydrogen-bond acceptors (Lipinski definition) is 7. The fraction of sp³-hybridized carbons (Fsp3) is 0.464. The van der Waals surface area contributed by atoms with Gasteiger partial charge in [0, 0.05) is 73.4 Å². The number of halogens is 2. The number of carbonyl (C=O) groups excluding carboxylic acids is 1. The monoisotopic (exact) mass is 600 g/mol. The molecule has 2 aromatic heterocycles. The number of aromatic nitrogens is 3. The number of piperazine rings is 1. The van der Waals surface area contributed by atoms with Crippen LogP contribution in [-0.2, 0) is 9.53 Å². The predicted molar refractivity (Wildman–Crippen MR) is 153 cm³/mol. The Bertz CT molecular complexity index is 1220. The average molecular weight is 602 g/mol. The van der Waals surface area contributed by atoms with Crippen LogP contribution in [-0.4, -0.2) is 82.6 Å². The number of esters is 1. The van der Waals surface area contributed by atoms with E-state index in [1.165, 1.54) is 7.11 Å². The van der Waals surface area contributed by atoms with Crippen LogP contribution in [0.4, 0.5) is 5.82 Å². The molecule has 4 heterocycles. The van der Waals surface area contributed by atoms with Gasteiger partial charge in [-0.05, 0) is 43.0 Å². The van der Waals surface area contributed by atoms with Gasteiger partial charge >= 0.3 is 5.97 Å². The van der Waals surface area contributed by atoms with Gasteiger partial charge < -0.3 is 14.6 Å². The van der Waals surface area contributed by atoms with Crippen LogP contribution in [0.5, 0.6) is 0 Å². The number of carbonyl (C=O) groups is 1. The van der Waals surface area contributed by atoms with Gasteiger partial charge in [0.1, 0.15) is 17.7 Å². The molecule has 2 aliphatic rings. The number of hydrogen-bond donors (Lipinski definition) is 1. The molecule has 0 amide bonds. The van der Waals surface area contributed by atoms with E-state index >= 15 is 0 Å². The summed E-state index contributed by atoms with van der Waals surface area (Å²) in [6.07, 6.45) is 8.47. The first-order valence-electron chi connectivity index (χ1n) is 13.2. The number of piperidine rings is 1. The molecule has 2 saturated heterocycles. The summed E-state index contributed by atoms with van der Waals surface area (Å²) < 4.78 is 6.19. The number of anilines is 1. The van der Waals surface area contributed by atoms with Gasteiger partial charge in [-0.15, -0.1) is 0 Å². The van der Waals surface area contributed by atoms with E-state index in [-0.39, 0.29) is 12.0 Å². The quantitative estimate of drug-likeness (QED) is 0.375. The van der Waals surface area contributed by atoms with Crippen molar-refractivity contribution in [3.63, 3.8) is 0 Å². The Kier molecular flexibility index (Phi) is 8.67. The van der Waals surface area contributed by atoms with Crippen molar-refractivity contribution in [2.45, 2.75) is 44.3 Å². The van der Waals surface area contributed by atoms with Crippen LogP contribution in [0.2, 0.25) is 5.02 Å². The van der Waals surface area contributed by atoms with Crippen LogP contribution in [0.15, 0.2) is 53.4 Å². The highest BCUT2D eigenvalue weighted by atomic mass is 79.9. The molecule has 0 aliphatic carbocycles. The number of nitrogens with zero attached hydrogens (tertiary/aromatic N) is 5. The van der Waals surface area contributed by atoms with Crippen molar-refractivity contribution in [1.29, 1.82) is 0 Å². The molecule has 202 valence electrons. The van der Waals surface area contributed by atoms with Crippen LogP contribution < -0.4 is 4.90 Å². The van der Waals surface area contributed by atoms with Crippen molar-refractivity contribution in [2.24, 2.45) is 0 Å². The van der Waals surface area contributed by atoms with Gasteiger partial charge in [-0.2, -0.15) is 0 Å². The zero-order valence-corrected chi connectivity index (χ0v) is 24.2. The molecule has 2 atom stereocenters. The summed E-state index contributed by atoms with van der Waals surface area (Å²) in [6, 6.07) is 10.5. The van der Waals surface area contributed by atoms with E-state index in [4.69, 9.17) is 21.3 Å². The number of aromatic amines is 1. The number of methoxy groups -OCH3 is 1. The first kappa shape index (κ1) is 27.1. The highest BCUT2D eigenvalue weighted by Gasteiger charge is 2.37. The van der Waals surface area contributed by atoms with Crippen LogP contribution in [0.3, 0.4) is 0 Å². The van der Waals surface area contributed by atoms with Crippen molar-refractivity contribution in [3.8, 4) is 11.4 Å². The number of benzene rings is 1. The molecule has 0 radical (unpaired) electrons. The fourth-order valence-electron chi connectivity index (χ4n) is 5.85. The van der Waals surface area contributed by atoms with Gasteiger partial charge in [0.25, 0.3) is 0 Å². The summed E-state index contributed by atoms with van der Waals surface area (Å²) in [5, 5.41) is 0.650. The maximum Gasteiger partial charge on any atom is 0.327 e. The van der Waals surface area contributed by atoms with Crippen molar-refractivity contribution >= 4 is 39.3 Å². The summed E-state index contributed by atoms with van der Waals surface area (Å²) in [4.78, 5) is 32.1. The SMILES string of the molecule is CC[C@H]1CN(c2ncc(-c3ncc[nH]3)cc2Cl)CCN1C1CCN([C@H](C(=O)OC)c2ccc(Br)cc2)CC1. The normalized spacial score (nSPS) is 20.4. The molecule has 5 rings (SSSR count). The molecule has 0 spiro atoms. The number of H-pyrrole nitrogens is 1. The lowest BCUT2D eigenvalue weighted by Gasteiger charge is -2.48. The zero-order valence-electron chi connectivity index (χ0n) is 21.8. The standard InChI is InChI=1S/C28H34BrClN6O2/c1-3-22-18-35(27-24(30)16-20(17-33-27)26-31-10-11-32-26)14-15-36(22)23-8-12-34(13-9-23)25(28(37)38-2)19-4-6-21(29)7-5-19/h4-7,10-11,16-17,22-23,25H,3,8-9,12-15,18H2,1-2H3,(H,31,32)/t22-,25-/m0/s1. The minimum atomic E-state index is -0.370. The molecule has 10 heteroatoms. The Hall–Kier alpha value is -2.46. The molecular formula is C28H34BrClN6O2. The van der Waals surface area contributed by atoms with Crippen molar-refractivity contribution in [2.75, 3.05) is 44.7 Å².